The number of carbonyl (C=O) groups excluding carboxylic acids is 2. The van der Waals surface area contributed by atoms with Gasteiger partial charge in [-0.15, -0.1) is 0 Å². The summed E-state index contributed by atoms with van der Waals surface area (Å²) in [5.41, 5.74) is -5.63. The van der Waals surface area contributed by atoms with E-state index >= 15 is 0 Å². The molecule has 0 spiro atoms. The highest BCUT2D eigenvalue weighted by Gasteiger charge is 2.71. The highest BCUT2D eigenvalue weighted by Crippen LogP contribution is 2.50. The molecule has 0 bridgehead atoms. The molecule has 2 aromatic carbocycles. The molecule has 0 radical (unpaired) electrons. The Hall–Kier alpha value is -4.24. The second kappa shape index (κ2) is 11.9. The number of anilines is 2. The molecule has 1 aromatic heterocycles. The van der Waals surface area contributed by atoms with E-state index in [1.54, 1.807) is 12.1 Å². The second-order valence-electron chi connectivity index (χ2n) is 9.49. The van der Waals surface area contributed by atoms with Crippen LogP contribution in [0.1, 0.15) is 21.5 Å². The summed E-state index contributed by atoms with van der Waals surface area (Å²) in [5, 5.41) is 14.4. The summed E-state index contributed by atoms with van der Waals surface area (Å²) >= 11 is 0. The van der Waals surface area contributed by atoms with E-state index in [9.17, 15) is 45.4 Å². The summed E-state index contributed by atoms with van der Waals surface area (Å²) in [5.74, 6) is -1.28. The lowest BCUT2D eigenvalue weighted by Gasteiger charge is -2.35. The van der Waals surface area contributed by atoms with E-state index in [-0.39, 0.29) is 30.9 Å². The number of carbonyl (C=O) groups is 2. The van der Waals surface area contributed by atoms with E-state index < -0.39 is 41.3 Å². The van der Waals surface area contributed by atoms with Crippen LogP contribution < -0.4 is 10.6 Å². The molecule has 3 N–H and O–H groups in total. The van der Waals surface area contributed by atoms with Crippen LogP contribution in [0, 0.1) is 5.82 Å². The molecule has 0 unspecified atom stereocenters. The van der Waals surface area contributed by atoms with E-state index in [0.29, 0.717) is 36.5 Å². The molecule has 0 atom stereocenters. The van der Waals surface area contributed by atoms with E-state index in [0.717, 1.165) is 18.2 Å². The van der Waals surface area contributed by atoms with Gasteiger partial charge < -0.3 is 20.6 Å². The van der Waals surface area contributed by atoms with Gasteiger partial charge in [0, 0.05) is 50.0 Å². The molecule has 15 heteroatoms. The number of hydrogen-bond donors (Lipinski definition) is 3. The number of benzene rings is 2. The molecule has 0 aliphatic carbocycles. The molecule has 224 valence electrons. The fourth-order valence-corrected chi connectivity index (χ4v) is 4.36. The van der Waals surface area contributed by atoms with Crippen molar-refractivity contribution in [1.82, 2.24) is 14.8 Å². The largest absolute Gasteiger partial charge is 0.430 e. The van der Waals surface area contributed by atoms with Gasteiger partial charge in [0.15, 0.2) is 0 Å². The first kappa shape index (κ1) is 30.7. The maximum absolute atomic E-state index is 14.6. The van der Waals surface area contributed by atoms with Crippen molar-refractivity contribution >= 4 is 23.3 Å². The van der Waals surface area contributed by atoms with Gasteiger partial charge in [-0.1, -0.05) is 24.3 Å². The number of alkyl halides is 6. The number of pyridine rings is 1. The normalized spacial score (nSPS) is 14.9. The molecule has 1 aliphatic heterocycles. The Morgan fingerprint density at radius 2 is 1.52 bits per heavy atom. The molecule has 42 heavy (non-hydrogen) atoms. The zero-order valence-electron chi connectivity index (χ0n) is 21.6. The number of piperazine rings is 1. The molecule has 3 amide bonds. The molecular weight excluding hydrogens is 575 g/mol. The minimum absolute atomic E-state index is 0.0524. The lowest BCUT2D eigenvalue weighted by Crippen LogP contribution is -2.53. The Morgan fingerprint density at radius 1 is 0.881 bits per heavy atom. The van der Waals surface area contributed by atoms with Crippen LogP contribution in [0.3, 0.4) is 0 Å². The van der Waals surface area contributed by atoms with Gasteiger partial charge in [0.05, 0.1) is 17.6 Å². The van der Waals surface area contributed by atoms with Crippen LogP contribution in [0.15, 0.2) is 67.0 Å². The van der Waals surface area contributed by atoms with E-state index in [4.69, 9.17) is 0 Å². The standard InChI is InChI=1S/C27H24F7N5O3/c28-21-14-18(5-8-22(21)37-24(41)36-20-2-1-9-35-15-20)23(40)39-12-10-38(11-13-39)16-17-3-6-19(7-4-17)25(42,26(29,30)31)27(32,33)34/h1-9,14-15,42H,10-13,16H2,(H2,36,37,41). The number of nitrogens with one attached hydrogen (secondary N) is 2. The quantitative estimate of drug-likeness (QED) is 0.342. The van der Waals surface area contributed by atoms with Crippen LogP contribution in [-0.2, 0) is 12.1 Å². The van der Waals surface area contributed by atoms with Crippen LogP contribution in [0.5, 0.6) is 0 Å². The van der Waals surface area contributed by atoms with Gasteiger partial charge in [0.25, 0.3) is 11.5 Å². The zero-order valence-corrected chi connectivity index (χ0v) is 21.6. The number of rotatable bonds is 6. The Morgan fingerprint density at radius 3 is 2.07 bits per heavy atom. The van der Waals surface area contributed by atoms with Crippen molar-refractivity contribution in [2.24, 2.45) is 0 Å². The van der Waals surface area contributed by atoms with Crippen LogP contribution in [0.4, 0.5) is 46.9 Å². The van der Waals surface area contributed by atoms with Crippen molar-refractivity contribution in [2.75, 3.05) is 36.8 Å². The van der Waals surface area contributed by atoms with E-state index in [2.05, 4.69) is 15.6 Å². The maximum atomic E-state index is 14.6. The van der Waals surface area contributed by atoms with Crippen LogP contribution in [-0.4, -0.2) is 70.4 Å². The Bertz CT molecular complexity index is 1390. The smallest absolute Gasteiger partial charge is 0.369 e. The summed E-state index contributed by atoms with van der Waals surface area (Å²) in [6.07, 6.45) is -9.01. The van der Waals surface area contributed by atoms with Crippen LogP contribution in [0.25, 0.3) is 0 Å². The Labute approximate surface area is 234 Å². The van der Waals surface area contributed by atoms with Gasteiger partial charge in [-0.2, -0.15) is 26.3 Å². The molecular formula is C27H24F7N5O3. The average molecular weight is 600 g/mol. The molecule has 4 rings (SSSR count). The number of aromatic nitrogens is 1. The lowest BCUT2D eigenvalue weighted by molar-refractivity contribution is -0.376. The third-order valence-electron chi connectivity index (χ3n) is 6.64. The van der Waals surface area contributed by atoms with Gasteiger partial charge in [-0.3, -0.25) is 14.7 Å². The fourth-order valence-electron chi connectivity index (χ4n) is 4.36. The van der Waals surface area contributed by atoms with Crippen LogP contribution in [0.2, 0.25) is 0 Å². The number of nitrogens with zero attached hydrogens (tertiary/aromatic N) is 3. The van der Waals surface area contributed by atoms with Gasteiger partial charge in [-0.05, 0) is 35.9 Å². The van der Waals surface area contributed by atoms with Crippen molar-refractivity contribution in [3.63, 3.8) is 0 Å². The molecule has 2 heterocycles. The third kappa shape index (κ3) is 6.62. The van der Waals surface area contributed by atoms with Crippen molar-refractivity contribution < 1.29 is 45.4 Å². The van der Waals surface area contributed by atoms with Crippen LogP contribution >= 0.6 is 0 Å². The van der Waals surface area contributed by atoms with E-state index in [1.165, 1.54) is 29.4 Å². The van der Waals surface area contributed by atoms with Gasteiger partial charge >= 0.3 is 18.4 Å². The zero-order chi connectivity index (χ0) is 30.7. The highest BCUT2D eigenvalue weighted by atomic mass is 19.4. The van der Waals surface area contributed by atoms with Crippen molar-refractivity contribution in [1.29, 1.82) is 0 Å². The summed E-state index contributed by atoms with van der Waals surface area (Å²) < 4.78 is 93.2. The number of aliphatic hydroxyl groups is 1. The minimum atomic E-state index is -5.97. The SMILES string of the molecule is O=C(Nc1cccnc1)Nc1ccc(C(=O)N2CCN(Cc3ccc(C(O)(C(F)(F)F)C(F)(F)F)cc3)CC2)cc1F. The van der Waals surface area contributed by atoms with Crippen molar-refractivity contribution in [3.05, 3.63) is 89.5 Å². The Balaban J connectivity index is 1.32. The van der Waals surface area contributed by atoms with Gasteiger partial charge in [-0.25, -0.2) is 9.18 Å². The number of amides is 3. The molecule has 8 nitrogen and oxygen atoms in total. The van der Waals surface area contributed by atoms with E-state index in [1.807, 2.05) is 4.90 Å². The molecule has 3 aromatic rings. The summed E-state index contributed by atoms with van der Waals surface area (Å²) in [6.45, 7) is 1.30. The summed E-state index contributed by atoms with van der Waals surface area (Å²) in [6, 6.07) is 9.44. The fraction of sp³-hybridized carbons (Fsp3) is 0.296. The third-order valence-corrected chi connectivity index (χ3v) is 6.64. The predicted molar refractivity (Wildman–Crippen MR) is 137 cm³/mol. The summed E-state index contributed by atoms with van der Waals surface area (Å²) in [4.78, 5) is 32.2. The predicted octanol–water partition coefficient (Wildman–Crippen LogP) is 5.13. The minimum Gasteiger partial charge on any atom is -0.369 e. The Kier molecular flexibility index (Phi) is 8.73. The molecule has 0 saturated carbocycles. The molecule has 1 aliphatic rings. The average Bonchev–Trinajstić information content (AvgIpc) is 2.93. The highest BCUT2D eigenvalue weighted by molar-refractivity contribution is 6.00. The first-order valence-electron chi connectivity index (χ1n) is 12.4. The van der Waals surface area contributed by atoms with Crippen molar-refractivity contribution in [3.8, 4) is 0 Å². The van der Waals surface area contributed by atoms with Gasteiger partial charge in [0.1, 0.15) is 5.82 Å². The first-order valence-corrected chi connectivity index (χ1v) is 12.4. The molecule has 1 saturated heterocycles. The lowest BCUT2D eigenvalue weighted by atomic mass is 9.91. The summed E-state index contributed by atoms with van der Waals surface area (Å²) in [7, 11) is 0. The number of halogens is 7. The molecule has 1 fully saturated rings. The second-order valence-corrected chi connectivity index (χ2v) is 9.49. The first-order chi connectivity index (χ1) is 19.7. The monoisotopic (exact) mass is 599 g/mol. The van der Waals surface area contributed by atoms with Crippen molar-refractivity contribution in [2.45, 2.75) is 24.5 Å². The van der Waals surface area contributed by atoms with Gasteiger partial charge in [0.2, 0.25) is 0 Å². The maximum Gasteiger partial charge on any atom is 0.430 e. The number of urea groups is 1. The number of hydrogen-bond acceptors (Lipinski definition) is 5. The topological polar surface area (TPSA) is 97.8 Å².